The highest BCUT2D eigenvalue weighted by atomic mass is 32.2. The predicted molar refractivity (Wildman–Crippen MR) is 67.4 cm³/mol. The Morgan fingerprint density at radius 2 is 2.12 bits per heavy atom. The summed E-state index contributed by atoms with van der Waals surface area (Å²) in [5.74, 6) is 0.937. The normalized spacial score (nSPS) is 23.9. The van der Waals surface area contributed by atoms with E-state index in [9.17, 15) is 8.42 Å². The number of piperazine rings is 1. The molecule has 0 aliphatic carbocycles. The standard InChI is InChI=1S/C11H24N2O2S/c1-10(2)8-11-9-12-4-5-13(11)6-7-16(3,14)15/h10-12H,4-9H2,1-3H3. The van der Waals surface area contributed by atoms with Crippen LogP contribution in [0.5, 0.6) is 0 Å². The number of nitrogens with zero attached hydrogens (tertiary/aromatic N) is 1. The second-order valence-corrected chi connectivity index (χ2v) is 7.41. The average molecular weight is 248 g/mol. The Balaban J connectivity index is 2.47. The largest absolute Gasteiger partial charge is 0.314 e. The van der Waals surface area contributed by atoms with Gasteiger partial charge in [-0.2, -0.15) is 0 Å². The van der Waals surface area contributed by atoms with Crippen LogP contribution in [0.2, 0.25) is 0 Å². The predicted octanol–water partition coefficient (Wildman–Crippen LogP) is 0.351. The van der Waals surface area contributed by atoms with Crippen molar-refractivity contribution in [1.29, 1.82) is 0 Å². The van der Waals surface area contributed by atoms with Crippen molar-refractivity contribution in [3.8, 4) is 0 Å². The molecule has 0 bridgehead atoms. The first-order valence-corrected chi connectivity index (χ1v) is 8.07. The Hall–Kier alpha value is -0.130. The topological polar surface area (TPSA) is 49.4 Å². The van der Waals surface area contributed by atoms with Crippen LogP contribution in [0.1, 0.15) is 20.3 Å². The second-order valence-electron chi connectivity index (χ2n) is 5.15. The lowest BCUT2D eigenvalue weighted by Gasteiger charge is -2.37. The molecule has 1 rings (SSSR count). The quantitative estimate of drug-likeness (QED) is 0.763. The van der Waals surface area contributed by atoms with Gasteiger partial charge in [0, 0.05) is 38.5 Å². The third-order valence-corrected chi connectivity index (χ3v) is 3.89. The van der Waals surface area contributed by atoms with Gasteiger partial charge in [-0.25, -0.2) is 8.42 Å². The van der Waals surface area contributed by atoms with Gasteiger partial charge >= 0.3 is 0 Å². The average Bonchev–Trinajstić information content (AvgIpc) is 2.14. The van der Waals surface area contributed by atoms with Gasteiger partial charge in [0.05, 0.1) is 5.75 Å². The van der Waals surface area contributed by atoms with Gasteiger partial charge in [0.2, 0.25) is 0 Å². The van der Waals surface area contributed by atoms with Crippen molar-refractivity contribution in [3.05, 3.63) is 0 Å². The van der Waals surface area contributed by atoms with E-state index in [0.29, 0.717) is 18.5 Å². The molecule has 0 saturated carbocycles. The van der Waals surface area contributed by atoms with Gasteiger partial charge in [0.25, 0.3) is 0 Å². The molecule has 0 spiro atoms. The molecular weight excluding hydrogens is 224 g/mol. The van der Waals surface area contributed by atoms with Gasteiger partial charge in [0.1, 0.15) is 9.84 Å². The van der Waals surface area contributed by atoms with E-state index in [1.165, 1.54) is 6.26 Å². The molecule has 1 atom stereocenters. The van der Waals surface area contributed by atoms with E-state index in [2.05, 4.69) is 24.1 Å². The van der Waals surface area contributed by atoms with Crippen LogP contribution in [0.3, 0.4) is 0 Å². The van der Waals surface area contributed by atoms with Crippen LogP contribution in [-0.2, 0) is 9.84 Å². The molecule has 1 aliphatic heterocycles. The molecular formula is C11H24N2O2S. The molecule has 1 fully saturated rings. The second kappa shape index (κ2) is 5.98. The fourth-order valence-electron chi connectivity index (χ4n) is 2.16. The summed E-state index contributed by atoms with van der Waals surface area (Å²) < 4.78 is 22.3. The van der Waals surface area contributed by atoms with Crippen molar-refractivity contribution in [2.24, 2.45) is 5.92 Å². The Bertz CT molecular complexity index is 301. The highest BCUT2D eigenvalue weighted by Crippen LogP contribution is 2.13. The van der Waals surface area contributed by atoms with Crippen molar-refractivity contribution in [2.45, 2.75) is 26.3 Å². The van der Waals surface area contributed by atoms with Gasteiger partial charge in [-0.1, -0.05) is 13.8 Å². The lowest BCUT2D eigenvalue weighted by molar-refractivity contribution is 0.150. The SMILES string of the molecule is CC(C)CC1CNCCN1CCS(C)(=O)=O. The third kappa shape index (κ3) is 5.27. The minimum Gasteiger partial charge on any atom is -0.314 e. The summed E-state index contributed by atoms with van der Waals surface area (Å²) in [6.45, 7) is 8.03. The first-order chi connectivity index (χ1) is 7.38. The van der Waals surface area contributed by atoms with Gasteiger partial charge in [-0.05, 0) is 12.3 Å². The molecule has 1 saturated heterocycles. The van der Waals surface area contributed by atoms with E-state index in [1.807, 2.05) is 0 Å². The summed E-state index contributed by atoms with van der Waals surface area (Å²) in [7, 11) is -2.84. The number of rotatable bonds is 5. The summed E-state index contributed by atoms with van der Waals surface area (Å²) in [6.07, 6.45) is 2.45. The molecule has 0 aromatic carbocycles. The maximum Gasteiger partial charge on any atom is 0.148 e. The van der Waals surface area contributed by atoms with Crippen LogP contribution in [0.15, 0.2) is 0 Å². The fourth-order valence-corrected chi connectivity index (χ4v) is 2.72. The van der Waals surface area contributed by atoms with E-state index >= 15 is 0 Å². The van der Waals surface area contributed by atoms with E-state index in [-0.39, 0.29) is 5.75 Å². The molecule has 1 N–H and O–H groups in total. The van der Waals surface area contributed by atoms with Crippen LogP contribution in [-0.4, -0.2) is 57.5 Å². The van der Waals surface area contributed by atoms with E-state index in [0.717, 1.165) is 26.1 Å². The molecule has 0 aromatic rings. The Labute approximate surface area is 99.3 Å². The monoisotopic (exact) mass is 248 g/mol. The number of hydrogen-bond donors (Lipinski definition) is 1. The van der Waals surface area contributed by atoms with Crippen LogP contribution >= 0.6 is 0 Å². The molecule has 0 amide bonds. The highest BCUT2D eigenvalue weighted by molar-refractivity contribution is 7.90. The van der Waals surface area contributed by atoms with Crippen LogP contribution < -0.4 is 5.32 Å². The molecule has 0 aromatic heterocycles. The lowest BCUT2D eigenvalue weighted by Crippen LogP contribution is -2.52. The van der Waals surface area contributed by atoms with Crippen molar-refractivity contribution in [1.82, 2.24) is 10.2 Å². The van der Waals surface area contributed by atoms with Crippen molar-refractivity contribution in [3.63, 3.8) is 0 Å². The van der Waals surface area contributed by atoms with Crippen molar-refractivity contribution >= 4 is 9.84 Å². The molecule has 4 nitrogen and oxygen atoms in total. The Kier molecular flexibility index (Phi) is 5.21. The van der Waals surface area contributed by atoms with Gasteiger partial charge in [-0.3, -0.25) is 4.90 Å². The number of sulfone groups is 1. The van der Waals surface area contributed by atoms with Crippen LogP contribution in [0.4, 0.5) is 0 Å². The lowest BCUT2D eigenvalue weighted by atomic mass is 10.0. The van der Waals surface area contributed by atoms with Gasteiger partial charge in [0.15, 0.2) is 0 Å². The van der Waals surface area contributed by atoms with Gasteiger partial charge < -0.3 is 5.32 Å². The number of nitrogens with one attached hydrogen (secondary N) is 1. The molecule has 1 unspecified atom stereocenters. The molecule has 1 aliphatic rings. The molecule has 0 radical (unpaired) electrons. The van der Waals surface area contributed by atoms with Crippen LogP contribution in [0, 0.1) is 5.92 Å². The van der Waals surface area contributed by atoms with E-state index < -0.39 is 9.84 Å². The van der Waals surface area contributed by atoms with Gasteiger partial charge in [-0.15, -0.1) is 0 Å². The smallest absolute Gasteiger partial charge is 0.148 e. The zero-order chi connectivity index (χ0) is 12.2. The Morgan fingerprint density at radius 1 is 1.44 bits per heavy atom. The first kappa shape index (κ1) is 13.9. The summed E-state index contributed by atoms with van der Waals surface area (Å²) in [6, 6.07) is 0.496. The maximum absolute atomic E-state index is 11.2. The van der Waals surface area contributed by atoms with Crippen molar-refractivity contribution < 1.29 is 8.42 Å². The molecule has 96 valence electrons. The van der Waals surface area contributed by atoms with Crippen LogP contribution in [0.25, 0.3) is 0 Å². The van der Waals surface area contributed by atoms with E-state index in [1.54, 1.807) is 0 Å². The third-order valence-electron chi connectivity index (χ3n) is 2.96. The zero-order valence-corrected chi connectivity index (χ0v) is 11.4. The first-order valence-electron chi connectivity index (χ1n) is 6.01. The Morgan fingerprint density at radius 3 is 2.69 bits per heavy atom. The zero-order valence-electron chi connectivity index (χ0n) is 10.6. The molecule has 16 heavy (non-hydrogen) atoms. The molecule has 5 heteroatoms. The minimum absolute atomic E-state index is 0.279. The summed E-state index contributed by atoms with van der Waals surface area (Å²) in [5, 5.41) is 3.38. The number of hydrogen-bond acceptors (Lipinski definition) is 4. The maximum atomic E-state index is 11.2. The summed E-state index contributed by atoms with van der Waals surface area (Å²) in [5.41, 5.74) is 0. The van der Waals surface area contributed by atoms with E-state index in [4.69, 9.17) is 0 Å². The molecule has 1 heterocycles. The summed E-state index contributed by atoms with van der Waals surface area (Å²) in [4.78, 5) is 2.32. The van der Waals surface area contributed by atoms with Crippen molar-refractivity contribution in [2.75, 3.05) is 38.2 Å². The minimum atomic E-state index is -2.84. The summed E-state index contributed by atoms with van der Waals surface area (Å²) >= 11 is 0. The highest BCUT2D eigenvalue weighted by Gasteiger charge is 2.23. The fraction of sp³-hybridized carbons (Fsp3) is 1.00.